The van der Waals surface area contributed by atoms with Gasteiger partial charge in [-0.05, 0) is 11.0 Å². The van der Waals surface area contributed by atoms with Gasteiger partial charge in [0.1, 0.15) is 0 Å². The summed E-state index contributed by atoms with van der Waals surface area (Å²) in [5, 5.41) is 0. The average molecular weight is 176 g/mol. The fourth-order valence-corrected chi connectivity index (χ4v) is 0.938. The summed E-state index contributed by atoms with van der Waals surface area (Å²) in [5.74, 6) is 0. The van der Waals surface area contributed by atoms with Crippen LogP contribution in [-0.2, 0) is 5.41 Å². The summed E-state index contributed by atoms with van der Waals surface area (Å²) < 4.78 is 0. The zero-order valence-electron chi connectivity index (χ0n) is 8.23. The summed E-state index contributed by atoms with van der Waals surface area (Å²) in [6.45, 7) is 6.67. The molecular formula is C10H14N3-. The first-order valence-electron chi connectivity index (χ1n) is 4.06. The molecule has 0 amide bonds. The molecule has 0 radical (unpaired) electrons. The maximum absolute atomic E-state index is 6.75. The molecule has 1 aromatic rings. The van der Waals surface area contributed by atoms with Crippen LogP contribution in [0.5, 0.6) is 0 Å². The maximum Gasteiger partial charge on any atom is -0.0132 e. The van der Waals surface area contributed by atoms with E-state index >= 15 is 0 Å². The van der Waals surface area contributed by atoms with Crippen molar-refractivity contribution in [1.82, 2.24) is 0 Å². The van der Waals surface area contributed by atoms with Crippen molar-refractivity contribution in [3.63, 3.8) is 0 Å². The van der Waals surface area contributed by atoms with Crippen LogP contribution in [0.1, 0.15) is 26.3 Å². The highest BCUT2D eigenvalue weighted by atomic mass is 15.0. The van der Waals surface area contributed by atoms with Gasteiger partial charge in [-0.1, -0.05) is 51.1 Å². The molecule has 0 aliphatic rings. The van der Waals surface area contributed by atoms with E-state index in [4.69, 9.17) is 11.1 Å². The zero-order chi connectivity index (χ0) is 10.3. The van der Waals surface area contributed by atoms with Gasteiger partial charge in [0.15, 0.2) is 0 Å². The Balaban J connectivity index is 0.000000424. The Kier molecular flexibility index (Phi) is 4.63. The summed E-state index contributed by atoms with van der Waals surface area (Å²) in [6, 6.07) is 10.6. The third kappa shape index (κ3) is 4.88. The van der Waals surface area contributed by atoms with E-state index in [-0.39, 0.29) is 0 Å². The summed E-state index contributed by atoms with van der Waals surface area (Å²) in [7, 11) is 0. The van der Waals surface area contributed by atoms with E-state index in [2.05, 4.69) is 51.1 Å². The Labute approximate surface area is 78.8 Å². The topological polar surface area (TPSA) is 58.7 Å². The van der Waals surface area contributed by atoms with Gasteiger partial charge in [0.25, 0.3) is 0 Å². The SMILES string of the molecule is CC(C)(C)c1ccccc1.[N-]=[N+]=[N-]. The minimum atomic E-state index is 0.293. The van der Waals surface area contributed by atoms with E-state index in [0.717, 1.165) is 0 Å². The van der Waals surface area contributed by atoms with Crippen LogP contribution in [0.3, 0.4) is 0 Å². The summed E-state index contributed by atoms with van der Waals surface area (Å²) in [5.41, 5.74) is 15.2. The molecule has 3 heteroatoms. The molecule has 0 saturated heterocycles. The van der Waals surface area contributed by atoms with Crippen LogP contribution >= 0.6 is 0 Å². The smallest absolute Gasteiger partial charge is 0.0132 e. The van der Waals surface area contributed by atoms with Gasteiger partial charge in [0.2, 0.25) is 0 Å². The predicted molar refractivity (Wildman–Crippen MR) is 55.2 cm³/mol. The fourth-order valence-electron chi connectivity index (χ4n) is 0.938. The van der Waals surface area contributed by atoms with Crippen LogP contribution in [0.15, 0.2) is 30.3 Å². The summed E-state index contributed by atoms with van der Waals surface area (Å²) >= 11 is 0. The highest BCUT2D eigenvalue weighted by molar-refractivity contribution is 5.21. The quantitative estimate of drug-likeness (QED) is 0.327. The number of rotatable bonds is 0. The lowest BCUT2D eigenvalue weighted by atomic mass is 9.87. The van der Waals surface area contributed by atoms with Gasteiger partial charge in [-0.2, -0.15) is 0 Å². The third-order valence-corrected chi connectivity index (χ3v) is 1.64. The molecule has 70 valence electrons. The molecule has 0 heterocycles. The molecule has 0 saturated carbocycles. The first kappa shape index (κ1) is 11.5. The molecule has 3 nitrogen and oxygen atoms in total. The molecule has 13 heavy (non-hydrogen) atoms. The molecule has 0 N–H and O–H groups in total. The predicted octanol–water partition coefficient (Wildman–Crippen LogP) is 3.85. The molecule has 0 bridgehead atoms. The monoisotopic (exact) mass is 176 g/mol. The highest BCUT2D eigenvalue weighted by Gasteiger charge is 2.11. The van der Waals surface area contributed by atoms with E-state index < -0.39 is 0 Å². The molecule has 0 aromatic heterocycles. The second-order valence-corrected chi connectivity index (χ2v) is 3.71. The molecule has 0 unspecified atom stereocenters. The number of benzene rings is 1. The molecule has 1 rings (SSSR count). The Morgan fingerprint density at radius 2 is 1.38 bits per heavy atom. The van der Waals surface area contributed by atoms with Crippen LogP contribution in [-0.4, -0.2) is 0 Å². The number of hydrogen-bond donors (Lipinski definition) is 0. The summed E-state index contributed by atoms with van der Waals surface area (Å²) in [6.07, 6.45) is 0. The van der Waals surface area contributed by atoms with Gasteiger partial charge < -0.3 is 11.1 Å². The lowest BCUT2D eigenvalue weighted by Crippen LogP contribution is -2.10. The highest BCUT2D eigenvalue weighted by Crippen LogP contribution is 2.20. The molecule has 0 atom stereocenters. The van der Waals surface area contributed by atoms with Gasteiger partial charge in [-0.25, -0.2) is 0 Å². The first-order valence-corrected chi connectivity index (χ1v) is 4.06. The number of hydrogen-bond acceptors (Lipinski definition) is 0. The van der Waals surface area contributed by atoms with Crippen LogP contribution < -0.4 is 0 Å². The number of nitrogens with zero attached hydrogens (tertiary/aromatic N) is 3. The second-order valence-electron chi connectivity index (χ2n) is 3.71. The molecule has 0 aliphatic heterocycles. The van der Waals surface area contributed by atoms with Crippen molar-refractivity contribution >= 4 is 0 Å². The van der Waals surface area contributed by atoms with Gasteiger partial charge in [-0.15, -0.1) is 0 Å². The largest absolute Gasteiger partial charge is 0.373 e. The third-order valence-electron chi connectivity index (χ3n) is 1.64. The van der Waals surface area contributed by atoms with Crippen molar-refractivity contribution < 1.29 is 0 Å². The van der Waals surface area contributed by atoms with Gasteiger partial charge in [-0.3, -0.25) is 4.91 Å². The zero-order valence-corrected chi connectivity index (χ0v) is 8.23. The van der Waals surface area contributed by atoms with Crippen molar-refractivity contribution in [3.05, 3.63) is 51.9 Å². The second kappa shape index (κ2) is 5.22. The van der Waals surface area contributed by atoms with E-state index in [0.29, 0.717) is 5.41 Å². The van der Waals surface area contributed by atoms with Crippen LogP contribution in [0, 0.1) is 0 Å². The molecular weight excluding hydrogens is 162 g/mol. The molecule has 0 fully saturated rings. The van der Waals surface area contributed by atoms with Gasteiger partial charge >= 0.3 is 0 Å². The standard InChI is InChI=1S/C10H14.N3/c1-10(2,3)9-7-5-4-6-8-9;1-3-2/h4-8H,1-3H3;/q;-1. The Hall–Kier alpha value is -1.47. The van der Waals surface area contributed by atoms with E-state index in [1.807, 2.05) is 0 Å². The maximum atomic E-state index is 6.75. The average Bonchev–Trinajstić information content (AvgIpc) is 2.06. The van der Waals surface area contributed by atoms with Crippen molar-refractivity contribution in [2.24, 2.45) is 0 Å². The van der Waals surface area contributed by atoms with Crippen molar-refractivity contribution in [1.29, 1.82) is 0 Å². The molecule has 1 aromatic carbocycles. The van der Waals surface area contributed by atoms with Crippen molar-refractivity contribution in [3.8, 4) is 0 Å². The van der Waals surface area contributed by atoms with Crippen LogP contribution in [0.25, 0.3) is 16.0 Å². The molecule has 0 aliphatic carbocycles. The normalized spacial score (nSPS) is 9.46. The Morgan fingerprint density at radius 3 is 1.62 bits per heavy atom. The first-order chi connectivity index (χ1) is 6.02. The fraction of sp³-hybridized carbons (Fsp3) is 0.400. The lowest BCUT2D eigenvalue weighted by molar-refractivity contribution is 0.590. The lowest BCUT2D eigenvalue weighted by Gasteiger charge is -2.18. The summed E-state index contributed by atoms with van der Waals surface area (Å²) in [4.78, 5) is 1.50. The van der Waals surface area contributed by atoms with Crippen LogP contribution in [0.2, 0.25) is 0 Å². The van der Waals surface area contributed by atoms with Gasteiger partial charge in [0, 0.05) is 0 Å². The Bertz CT molecular complexity index is 266. The van der Waals surface area contributed by atoms with E-state index in [9.17, 15) is 0 Å². The minimum Gasteiger partial charge on any atom is -0.373 e. The van der Waals surface area contributed by atoms with E-state index in [1.165, 1.54) is 10.5 Å². The van der Waals surface area contributed by atoms with Gasteiger partial charge in [0.05, 0.1) is 0 Å². The Morgan fingerprint density at radius 1 is 1.00 bits per heavy atom. The van der Waals surface area contributed by atoms with E-state index in [1.54, 1.807) is 0 Å². The molecule has 0 spiro atoms. The van der Waals surface area contributed by atoms with Crippen molar-refractivity contribution in [2.45, 2.75) is 26.2 Å². The van der Waals surface area contributed by atoms with Crippen LogP contribution in [0.4, 0.5) is 0 Å². The van der Waals surface area contributed by atoms with Crippen molar-refractivity contribution in [2.75, 3.05) is 0 Å². The minimum absolute atomic E-state index is 0.293.